The van der Waals surface area contributed by atoms with E-state index in [2.05, 4.69) is 0 Å². The molecule has 0 saturated carbocycles. The van der Waals surface area contributed by atoms with Gasteiger partial charge in [-0.1, -0.05) is 37.3 Å². The molecule has 132 valence electrons. The number of aliphatic carboxylic acids is 1. The van der Waals surface area contributed by atoms with Gasteiger partial charge in [0.2, 0.25) is 0 Å². The topological polar surface area (TPSA) is 66.8 Å². The van der Waals surface area contributed by atoms with Crippen LogP contribution in [-0.2, 0) is 16.1 Å². The largest absolute Gasteiger partial charge is 0.479 e. The second kappa shape index (κ2) is 7.92. The number of hydrogen-bond acceptors (Lipinski definition) is 4. The number of amides is 1. The molecule has 1 fully saturated rings. The highest BCUT2D eigenvalue weighted by molar-refractivity contribution is 8.00. The van der Waals surface area contributed by atoms with Gasteiger partial charge in [-0.25, -0.2) is 9.59 Å². The van der Waals surface area contributed by atoms with Crippen molar-refractivity contribution in [3.8, 4) is 0 Å². The number of hydrogen-bond donors (Lipinski definition) is 1. The standard InChI is InChI=1S/C18H25NO4S/c1-13(2)19(17(22)23-12-15-8-5-4-6-9-15)18(16(20)21)10-7-11-24-14(18)3/h4-6,8-9,13-14H,7,10-12H2,1-3H3,(H,20,21). The van der Waals surface area contributed by atoms with E-state index in [0.717, 1.165) is 17.7 Å². The summed E-state index contributed by atoms with van der Waals surface area (Å²) in [5, 5.41) is 9.77. The lowest BCUT2D eigenvalue weighted by molar-refractivity contribution is -0.152. The van der Waals surface area contributed by atoms with Crippen molar-refractivity contribution in [1.82, 2.24) is 4.90 Å². The Balaban J connectivity index is 2.23. The second-order valence-corrected chi connectivity index (χ2v) is 7.80. The molecule has 2 rings (SSSR count). The SMILES string of the molecule is CC(C)N(C(=O)OCc1ccccc1)C1(C(=O)O)CCCSC1C. The molecule has 24 heavy (non-hydrogen) atoms. The molecule has 0 aromatic heterocycles. The Labute approximate surface area is 147 Å². The highest BCUT2D eigenvalue weighted by Gasteiger charge is 2.53. The molecule has 6 heteroatoms. The number of rotatable bonds is 5. The van der Waals surface area contributed by atoms with Gasteiger partial charge in [0.25, 0.3) is 0 Å². The molecule has 2 unspecified atom stereocenters. The quantitative estimate of drug-likeness (QED) is 0.874. The van der Waals surface area contributed by atoms with Crippen molar-refractivity contribution in [2.24, 2.45) is 0 Å². The van der Waals surface area contributed by atoms with E-state index < -0.39 is 17.6 Å². The van der Waals surface area contributed by atoms with Gasteiger partial charge in [0.15, 0.2) is 5.54 Å². The van der Waals surface area contributed by atoms with E-state index in [4.69, 9.17) is 4.74 Å². The average Bonchev–Trinajstić information content (AvgIpc) is 2.55. The Morgan fingerprint density at radius 3 is 2.58 bits per heavy atom. The van der Waals surface area contributed by atoms with Crippen LogP contribution in [0.15, 0.2) is 30.3 Å². The molecular weight excluding hydrogens is 326 g/mol. The predicted octanol–water partition coefficient (Wildman–Crippen LogP) is 3.77. The van der Waals surface area contributed by atoms with E-state index in [1.165, 1.54) is 4.90 Å². The van der Waals surface area contributed by atoms with Crippen molar-refractivity contribution >= 4 is 23.8 Å². The van der Waals surface area contributed by atoms with Crippen molar-refractivity contribution in [3.05, 3.63) is 35.9 Å². The number of carbonyl (C=O) groups excluding carboxylic acids is 1. The van der Waals surface area contributed by atoms with Gasteiger partial charge in [-0.05, 0) is 38.0 Å². The Morgan fingerprint density at radius 1 is 1.38 bits per heavy atom. The number of carbonyl (C=O) groups is 2. The Hall–Kier alpha value is -1.69. The van der Waals surface area contributed by atoms with Crippen LogP contribution >= 0.6 is 11.8 Å². The van der Waals surface area contributed by atoms with Crippen molar-refractivity contribution in [2.45, 2.75) is 57.1 Å². The zero-order valence-electron chi connectivity index (χ0n) is 14.4. The Kier molecular flexibility index (Phi) is 6.15. The van der Waals surface area contributed by atoms with E-state index in [0.29, 0.717) is 6.42 Å². The maximum Gasteiger partial charge on any atom is 0.411 e. The van der Waals surface area contributed by atoms with Crippen LogP contribution in [0.2, 0.25) is 0 Å². The number of thioether (sulfide) groups is 1. The molecule has 0 aliphatic carbocycles. The molecule has 1 saturated heterocycles. The van der Waals surface area contributed by atoms with Gasteiger partial charge in [-0.3, -0.25) is 4.90 Å². The van der Waals surface area contributed by atoms with Crippen molar-refractivity contribution in [2.75, 3.05) is 5.75 Å². The van der Waals surface area contributed by atoms with E-state index in [-0.39, 0.29) is 17.9 Å². The summed E-state index contributed by atoms with van der Waals surface area (Å²) in [5.74, 6) is -0.0335. The molecule has 0 bridgehead atoms. The molecule has 1 aromatic rings. The summed E-state index contributed by atoms with van der Waals surface area (Å²) < 4.78 is 5.44. The van der Waals surface area contributed by atoms with Gasteiger partial charge in [-0.15, -0.1) is 0 Å². The number of carboxylic acids is 1. The summed E-state index contributed by atoms with van der Waals surface area (Å²) in [7, 11) is 0. The molecule has 1 amide bonds. The first-order valence-electron chi connectivity index (χ1n) is 8.24. The normalized spacial score (nSPS) is 23.8. The monoisotopic (exact) mass is 351 g/mol. The van der Waals surface area contributed by atoms with E-state index in [9.17, 15) is 14.7 Å². The highest BCUT2D eigenvalue weighted by atomic mass is 32.2. The van der Waals surface area contributed by atoms with Crippen LogP contribution < -0.4 is 0 Å². The zero-order chi connectivity index (χ0) is 17.7. The number of benzene rings is 1. The van der Waals surface area contributed by atoms with Crippen LogP contribution in [0, 0.1) is 0 Å². The van der Waals surface area contributed by atoms with Crippen LogP contribution in [0.4, 0.5) is 4.79 Å². The highest BCUT2D eigenvalue weighted by Crippen LogP contribution is 2.40. The smallest absolute Gasteiger partial charge is 0.411 e. The van der Waals surface area contributed by atoms with Crippen molar-refractivity contribution in [1.29, 1.82) is 0 Å². The molecule has 1 aliphatic heterocycles. The molecular formula is C18H25NO4S. The maximum absolute atomic E-state index is 12.7. The molecule has 1 heterocycles. The van der Waals surface area contributed by atoms with E-state index >= 15 is 0 Å². The fraction of sp³-hybridized carbons (Fsp3) is 0.556. The third kappa shape index (κ3) is 3.69. The van der Waals surface area contributed by atoms with E-state index in [1.807, 2.05) is 51.1 Å². The summed E-state index contributed by atoms with van der Waals surface area (Å²) in [4.78, 5) is 26.3. The number of nitrogens with zero attached hydrogens (tertiary/aromatic N) is 1. The summed E-state index contributed by atoms with van der Waals surface area (Å²) in [6, 6.07) is 9.14. The fourth-order valence-corrected chi connectivity index (χ4v) is 4.54. The van der Waals surface area contributed by atoms with Gasteiger partial charge < -0.3 is 9.84 Å². The predicted molar refractivity (Wildman–Crippen MR) is 95.1 cm³/mol. The van der Waals surface area contributed by atoms with Crippen LogP contribution in [-0.4, -0.2) is 44.7 Å². The molecule has 1 N–H and O–H groups in total. The van der Waals surface area contributed by atoms with Gasteiger partial charge in [-0.2, -0.15) is 11.8 Å². The van der Waals surface area contributed by atoms with Gasteiger partial charge >= 0.3 is 12.1 Å². The number of carboxylic acid groups (broad SMARTS) is 1. The first-order chi connectivity index (χ1) is 11.4. The fourth-order valence-electron chi connectivity index (χ4n) is 3.27. The average molecular weight is 351 g/mol. The van der Waals surface area contributed by atoms with E-state index in [1.54, 1.807) is 11.8 Å². The molecule has 1 aromatic carbocycles. The van der Waals surface area contributed by atoms with Crippen LogP contribution in [0.3, 0.4) is 0 Å². The van der Waals surface area contributed by atoms with Gasteiger partial charge in [0.05, 0.1) is 0 Å². The van der Waals surface area contributed by atoms with Gasteiger partial charge in [0, 0.05) is 11.3 Å². The van der Waals surface area contributed by atoms with Crippen LogP contribution in [0.1, 0.15) is 39.2 Å². The molecule has 5 nitrogen and oxygen atoms in total. The molecule has 0 radical (unpaired) electrons. The summed E-state index contributed by atoms with van der Waals surface area (Å²) >= 11 is 1.60. The summed E-state index contributed by atoms with van der Waals surface area (Å²) in [6.07, 6.45) is 0.664. The minimum Gasteiger partial charge on any atom is -0.479 e. The first-order valence-corrected chi connectivity index (χ1v) is 9.29. The second-order valence-electron chi connectivity index (χ2n) is 6.35. The minimum absolute atomic E-state index is 0.139. The first kappa shape index (κ1) is 18.6. The Bertz CT molecular complexity index is 578. The van der Waals surface area contributed by atoms with Crippen LogP contribution in [0.5, 0.6) is 0 Å². The molecule has 0 spiro atoms. The number of ether oxygens (including phenoxy) is 1. The minimum atomic E-state index is -1.22. The third-order valence-electron chi connectivity index (χ3n) is 4.46. The molecule has 2 atom stereocenters. The molecule has 1 aliphatic rings. The lowest BCUT2D eigenvalue weighted by atomic mass is 9.86. The Morgan fingerprint density at radius 2 is 2.04 bits per heavy atom. The zero-order valence-corrected chi connectivity index (χ0v) is 15.2. The van der Waals surface area contributed by atoms with Crippen molar-refractivity contribution < 1.29 is 19.4 Å². The lowest BCUT2D eigenvalue weighted by Gasteiger charge is -2.47. The third-order valence-corrected chi connectivity index (χ3v) is 5.88. The van der Waals surface area contributed by atoms with Crippen LogP contribution in [0.25, 0.3) is 0 Å². The summed E-state index contributed by atoms with van der Waals surface area (Å²) in [6.45, 7) is 5.69. The van der Waals surface area contributed by atoms with Crippen molar-refractivity contribution in [3.63, 3.8) is 0 Å². The van der Waals surface area contributed by atoms with Gasteiger partial charge in [0.1, 0.15) is 6.61 Å². The maximum atomic E-state index is 12.7. The summed E-state index contributed by atoms with van der Waals surface area (Å²) in [5.41, 5.74) is -0.338. The lowest BCUT2D eigenvalue weighted by Crippen LogP contribution is -2.65.